The molecule has 1 atom stereocenters. The largest absolute Gasteiger partial charge is 0.318 e. The molecule has 0 bridgehead atoms. The highest BCUT2D eigenvalue weighted by Crippen LogP contribution is 2.36. The lowest BCUT2D eigenvalue weighted by molar-refractivity contribution is 0.877. The van der Waals surface area contributed by atoms with Gasteiger partial charge in [-0.3, -0.25) is 0 Å². The van der Waals surface area contributed by atoms with Crippen molar-refractivity contribution in [1.29, 1.82) is 0 Å². The quantitative estimate of drug-likeness (QED) is 0.892. The second-order valence-corrected chi connectivity index (χ2v) is 6.80. The third-order valence-electron chi connectivity index (χ3n) is 1.69. The molecule has 0 fully saturated rings. The minimum absolute atomic E-state index is 0.109. The van der Waals surface area contributed by atoms with Gasteiger partial charge in [0, 0.05) is 20.9 Å². The molecule has 2 heterocycles. The first kappa shape index (κ1) is 10.8. The zero-order valence-corrected chi connectivity index (χ0v) is 11.7. The van der Waals surface area contributed by atoms with Crippen LogP contribution < -0.4 is 5.73 Å². The van der Waals surface area contributed by atoms with E-state index in [1.165, 1.54) is 0 Å². The van der Waals surface area contributed by atoms with Crippen LogP contribution in [0.5, 0.6) is 0 Å². The highest BCUT2D eigenvalue weighted by molar-refractivity contribution is 9.13. The first-order valence-corrected chi connectivity index (χ1v) is 7.06. The lowest BCUT2D eigenvalue weighted by Gasteiger charge is -2.03. The van der Waals surface area contributed by atoms with Crippen molar-refractivity contribution in [2.45, 2.75) is 6.04 Å². The average Bonchev–Trinajstić information content (AvgIpc) is 2.76. The Kier molecular flexibility index (Phi) is 3.38. The monoisotopic (exact) mass is 352 g/mol. The Bertz CT molecular complexity index is 405. The fourth-order valence-corrected chi connectivity index (χ4v) is 3.85. The van der Waals surface area contributed by atoms with Gasteiger partial charge in [-0.15, -0.1) is 22.7 Å². The van der Waals surface area contributed by atoms with E-state index in [2.05, 4.69) is 36.8 Å². The van der Waals surface area contributed by atoms with Crippen LogP contribution in [0.2, 0.25) is 0 Å². The van der Waals surface area contributed by atoms with Crippen molar-refractivity contribution in [3.05, 3.63) is 35.8 Å². The number of halogens is 2. The molecule has 2 aromatic heterocycles. The van der Waals surface area contributed by atoms with Crippen LogP contribution in [0.4, 0.5) is 0 Å². The topological polar surface area (TPSA) is 38.9 Å². The van der Waals surface area contributed by atoms with Crippen molar-refractivity contribution in [3.63, 3.8) is 0 Å². The molecule has 0 amide bonds. The van der Waals surface area contributed by atoms with Gasteiger partial charge in [-0.1, -0.05) is 0 Å². The van der Waals surface area contributed by atoms with Gasteiger partial charge in [-0.25, -0.2) is 4.98 Å². The van der Waals surface area contributed by atoms with Crippen LogP contribution in [0, 0.1) is 0 Å². The SMILES string of the molecule is NC(c1cc(Br)c(Br)s1)c1nccs1. The van der Waals surface area contributed by atoms with E-state index in [0.717, 1.165) is 18.1 Å². The third-order valence-corrected chi connectivity index (χ3v) is 5.89. The van der Waals surface area contributed by atoms with Gasteiger partial charge in [0.25, 0.3) is 0 Å². The average molecular weight is 354 g/mol. The smallest absolute Gasteiger partial charge is 0.115 e. The number of rotatable bonds is 2. The number of nitrogens with zero attached hydrogens (tertiary/aromatic N) is 1. The number of thiophene rings is 1. The predicted octanol–water partition coefficient (Wildman–Crippen LogP) is 3.78. The zero-order valence-electron chi connectivity index (χ0n) is 6.91. The summed E-state index contributed by atoms with van der Waals surface area (Å²) in [6.07, 6.45) is 1.78. The van der Waals surface area contributed by atoms with E-state index < -0.39 is 0 Å². The summed E-state index contributed by atoms with van der Waals surface area (Å²) in [5, 5.41) is 2.89. The van der Waals surface area contributed by atoms with Crippen molar-refractivity contribution < 1.29 is 0 Å². The molecule has 74 valence electrons. The van der Waals surface area contributed by atoms with Crippen molar-refractivity contribution in [2.75, 3.05) is 0 Å². The normalized spacial score (nSPS) is 13.1. The molecular weight excluding hydrogens is 348 g/mol. The minimum Gasteiger partial charge on any atom is -0.318 e. The molecule has 2 nitrogen and oxygen atoms in total. The molecular formula is C8H6Br2N2S2. The van der Waals surface area contributed by atoms with Gasteiger partial charge >= 0.3 is 0 Å². The first-order valence-electron chi connectivity index (χ1n) is 3.78. The van der Waals surface area contributed by atoms with Crippen molar-refractivity contribution in [1.82, 2.24) is 4.98 Å². The summed E-state index contributed by atoms with van der Waals surface area (Å²) in [5.74, 6) is 0. The summed E-state index contributed by atoms with van der Waals surface area (Å²) >= 11 is 10.1. The Labute approximate surface area is 106 Å². The predicted molar refractivity (Wildman–Crippen MR) is 67.9 cm³/mol. The fourth-order valence-electron chi connectivity index (χ4n) is 1.03. The zero-order chi connectivity index (χ0) is 10.1. The van der Waals surface area contributed by atoms with Gasteiger partial charge in [0.05, 0.1) is 9.83 Å². The maximum Gasteiger partial charge on any atom is 0.115 e. The third kappa shape index (κ3) is 2.09. The Balaban J connectivity index is 2.32. The molecule has 0 radical (unpaired) electrons. The van der Waals surface area contributed by atoms with E-state index in [4.69, 9.17) is 5.73 Å². The summed E-state index contributed by atoms with van der Waals surface area (Å²) in [7, 11) is 0. The molecule has 0 aliphatic heterocycles. The van der Waals surface area contributed by atoms with Crippen LogP contribution in [0.3, 0.4) is 0 Å². The Hall–Kier alpha value is 0.250. The van der Waals surface area contributed by atoms with Gasteiger partial charge in [-0.2, -0.15) is 0 Å². The van der Waals surface area contributed by atoms with E-state index >= 15 is 0 Å². The van der Waals surface area contributed by atoms with E-state index in [0.29, 0.717) is 0 Å². The number of hydrogen-bond acceptors (Lipinski definition) is 4. The molecule has 0 saturated heterocycles. The summed E-state index contributed by atoms with van der Waals surface area (Å²) in [6.45, 7) is 0. The molecule has 0 saturated carbocycles. The van der Waals surface area contributed by atoms with Crippen LogP contribution in [-0.2, 0) is 0 Å². The van der Waals surface area contributed by atoms with Crippen molar-refractivity contribution in [3.8, 4) is 0 Å². The van der Waals surface area contributed by atoms with Crippen LogP contribution in [0.15, 0.2) is 25.9 Å². The number of aromatic nitrogens is 1. The summed E-state index contributed by atoms with van der Waals surface area (Å²) in [6, 6.07) is 1.92. The standard InChI is InChI=1S/C8H6Br2N2S2/c9-4-3-5(14-7(4)10)6(11)8-12-1-2-13-8/h1-3,6H,11H2. The lowest BCUT2D eigenvalue weighted by Crippen LogP contribution is -2.09. The van der Waals surface area contributed by atoms with Crippen LogP contribution >= 0.6 is 54.5 Å². The van der Waals surface area contributed by atoms with Gasteiger partial charge in [0.15, 0.2) is 0 Å². The van der Waals surface area contributed by atoms with Crippen LogP contribution in [-0.4, -0.2) is 4.98 Å². The van der Waals surface area contributed by atoms with Crippen molar-refractivity contribution in [2.24, 2.45) is 5.73 Å². The highest BCUT2D eigenvalue weighted by Gasteiger charge is 2.15. The second kappa shape index (κ2) is 4.40. The maximum absolute atomic E-state index is 6.06. The van der Waals surface area contributed by atoms with Gasteiger partial charge in [-0.05, 0) is 37.9 Å². The maximum atomic E-state index is 6.06. The van der Waals surface area contributed by atoms with Gasteiger partial charge in [0.2, 0.25) is 0 Å². The molecule has 6 heteroatoms. The van der Waals surface area contributed by atoms with E-state index in [9.17, 15) is 0 Å². The number of thiazole rings is 1. The van der Waals surface area contributed by atoms with E-state index in [1.807, 2.05) is 11.4 Å². The van der Waals surface area contributed by atoms with E-state index in [1.54, 1.807) is 28.9 Å². The van der Waals surface area contributed by atoms with Crippen molar-refractivity contribution >= 4 is 54.5 Å². The van der Waals surface area contributed by atoms with E-state index in [-0.39, 0.29) is 6.04 Å². The number of hydrogen-bond donors (Lipinski definition) is 1. The van der Waals surface area contributed by atoms with Crippen LogP contribution in [0.1, 0.15) is 15.9 Å². The summed E-state index contributed by atoms with van der Waals surface area (Å²) < 4.78 is 2.11. The minimum atomic E-state index is -0.109. The lowest BCUT2D eigenvalue weighted by atomic mass is 10.3. The Morgan fingerprint density at radius 2 is 2.21 bits per heavy atom. The second-order valence-electron chi connectivity index (χ2n) is 2.62. The molecule has 2 rings (SSSR count). The molecule has 0 aliphatic rings. The highest BCUT2D eigenvalue weighted by atomic mass is 79.9. The summed E-state index contributed by atoms with van der Waals surface area (Å²) in [5.41, 5.74) is 6.06. The molecule has 0 aromatic carbocycles. The fraction of sp³-hybridized carbons (Fsp3) is 0.125. The first-order chi connectivity index (χ1) is 6.68. The molecule has 0 aliphatic carbocycles. The summed E-state index contributed by atoms with van der Waals surface area (Å²) in [4.78, 5) is 5.31. The van der Waals surface area contributed by atoms with Gasteiger partial charge < -0.3 is 5.73 Å². The molecule has 14 heavy (non-hydrogen) atoms. The molecule has 2 N–H and O–H groups in total. The number of nitrogens with two attached hydrogens (primary N) is 1. The molecule has 2 aromatic rings. The molecule has 1 unspecified atom stereocenters. The Morgan fingerprint density at radius 3 is 2.71 bits per heavy atom. The Morgan fingerprint density at radius 1 is 1.43 bits per heavy atom. The molecule has 0 spiro atoms. The van der Waals surface area contributed by atoms with Gasteiger partial charge in [0.1, 0.15) is 5.01 Å². The van der Waals surface area contributed by atoms with Crippen LogP contribution in [0.25, 0.3) is 0 Å².